The first-order chi connectivity index (χ1) is 7.42. The van der Waals surface area contributed by atoms with E-state index in [1.54, 1.807) is 0 Å². The van der Waals surface area contributed by atoms with E-state index in [4.69, 9.17) is 0 Å². The Kier molecular flexibility index (Phi) is 3.54. The largest absolute Gasteiger partial charge is 0.303 e. The van der Waals surface area contributed by atoms with Gasteiger partial charge in [-0.25, -0.2) is 0 Å². The van der Waals surface area contributed by atoms with Crippen molar-refractivity contribution in [1.82, 2.24) is 0 Å². The molecule has 1 saturated carbocycles. The van der Waals surface area contributed by atoms with Gasteiger partial charge in [-0.15, -0.1) is 0 Å². The van der Waals surface area contributed by atoms with Gasteiger partial charge in [0.25, 0.3) is 0 Å². The van der Waals surface area contributed by atoms with E-state index in [0.29, 0.717) is 5.92 Å². The molecule has 2 rings (SSSR count). The quantitative estimate of drug-likeness (QED) is 0.685. The van der Waals surface area contributed by atoms with Crippen molar-refractivity contribution in [3.8, 4) is 0 Å². The lowest BCUT2D eigenvalue weighted by molar-refractivity contribution is -0.110. The molecule has 1 aromatic carbocycles. The van der Waals surface area contributed by atoms with E-state index in [1.807, 2.05) is 18.2 Å². The van der Waals surface area contributed by atoms with Crippen LogP contribution in [0.1, 0.15) is 43.6 Å². The van der Waals surface area contributed by atoms with Crippen molar-refractivity contribution in [2.75, 3.05) is 0 Å². The fourth-order valence-electron chi connectivity index (χ4n) is 2.63. The molecule has 1 aliphatic rings. The van der Waals surface area contributed by atoms with Gasteiger partial charge < -0.3 is 4.79 Å². The van der Waals surface area contributed by atoms with Crippen LogP contribution in [0.15, 0.2) is 30.3 Å². The lowest BCUT2D eigenvalue weighted by Crippen LogP contribution is -2.17. The molecule has 1 aromatic rings. The minimum atomic E-state index is 0.131. The van der Waals surface area contributed by atoms with Crippen LogP contribution in [0.4, 0.5) is 0 Å². The van der Waals surface area contributed by atoms with Crippen LogP contribution >= 0.6 is 0 Å². The summed E-state index contributed by atoms with van der Waals surface area (Å²) in [6, 6.07) is 10.2. The number of aldehydes is 1. The second-order valence-corrected chi connectivity index (χ2v) is 4.47. The summed E-state index contributed by atoms with van der Waals surface area (Å²) in [7, 11) is 0. The van der Waals surface area contributed by atoms with Crippen LogP contribution in [0.3, 0.4) is 0 Å². The summed E-state index contributed by atoms with van der Waals surface area (Å²) in [4.78, 5) is 11.2. The van der Waals surface area contributed by atoms with Crippen LogP contribution in [0, 0.1) is 5.92 Å². The van der Waals surface area contributed by atoms with Gasteiger partial charge in [0.05, 0.1) is 0 Å². The van der Waals surface area contributed by atoms with Crippen LogP contribution in [0.25, 0.3) is 0 Å². The van der Waals surface area contributed by atoms with E-state index in [-0.39, 0.29) is 5.92 Å². The summed E-state index contributed by atoms with van der Waals surface area (Å²) >= 11 is 0. The standard InChI is InChI=1S/C14H18O/c15-11-14(12-7-3-1-4-8-12)13-9-5-2-6-10-13/h1,3-4,7-8,11,13-14H,2,5-6,9-10H2. The second kappa shape index (κ2) is 5.11. The number of hydrogen-bond acceptors (Lipinski definition) is 1. The van der Waals surface area contributed by atoms with Gasteiger partial charge in [0, 0.05) is 5.92 Å². The van der Waals surface area contributed by atoms with E-state index in [2.05, 4.69) is 12.1 Å². The average Bonchev–Trinajstić information content (AvgIpc) is 2.33. The van der Waals surface area contributed by atoms with E-state index in [9.17, 15) is 4.79 Å². The van der Waals surface area contributed by atoms with Crippen molar-refractivity contribution in [2.45, 2.75) is 38.0 Å². The zero-order valence-corrected chi connectivity index (χ0v) is 9.06. The molecular weight excluding hydrogens is 184 g/mol. The second-order valence-electron chi connectivity index (χ2n) is 4.47. The molecule has 0 amide bonds. The number of carbonyl (C=O) groups is 1. The highest BCUT2D eigenvalue weighted by atomic mass is 16.1. The molecule has 0 spiro atoms. The van der Waals surface area contributed by atoms with Gasteiger partial charge in [-0.1, -0.05) is 49.6 Å². The first-order valence-corrected chi connectivity index (χ1v) is 5.92. The topological polar surface area (TPSA) is 17.1 Å². The summed E-state index contributed by atoms with van der Waals surface area (Å²) in [6.45, 7) is 0. The van der Waals surface area contributed by atoms with Crippen molar-refractivity contribution in [2.24, 2.45) is 5.92 Å². The third-order valence-electron chi connectivity index (χ3n) is 3.49. The van der Waals surface area contributed by atoms with Crippen LogP contribution in [0.5, 0.6) is 0 Å². The Morgan fingerprint density at radius 2 is 1.73 bits per heavy atom. The molecule has 1 fully saturated rings. The van der Waals surface area contributed by atoms with Crippen molar-refractivity contribution < 1.29 is 4.79 Å². The third kappa shape index (κ3) is 2.47. The smallest absolute Gasteiger partial charge is 0.127 e. The molecule has 1 aliphatic carbocycles. The lowest BCUT2D eigenvalue weighted by atomic mass is 9.77. The summed E-state index contributed by atoms with van der Waals surface area (Å²) in [5.41, 5.74) is 1.19. The molecular formula is C14H18O. The minimum Gasteiger partial charge on any atom is -0.303 e. The molecule has 1 unspecified atom stereocenters. The first-order valence-electron chi connectivity index (χ1n) is 5.92. The molecule has 0 aromatic heterocycles. The van der Waals surface area contributed by atoms with E-state index in [1.165, 1.54) is 37.7 Å². The van der Waals surface area contributed by atoms with Crippen LogP contribution in [-0.4, -0.2) is 6.29 Å². The molecule has 0 saturated heterocycles. The number of hydrogen-bond donors (Lipinski definition) is 0. The predicted molar refractivity (Wildman–Crippen MR) is 61.8 cm³/mol. The van der Waals surface area contributed by atoms with Gasteiger partial charge in [-0.3, -0.25) is 0 Å². The zero-order valence-electron chi connectivity index (χ0n) is 9.06. The van der Waals surface area contributed by atoms with E-state index in [0.717, 1.165) is 6.29 Å². The fraction of sp³-hybridized carbons (Fsp3) is 0.500. The Bertz CT molecular complexity index is 298. The Morgan fingerprint density at radius 1 is 1.07 bits per heavy atom. The van der Waals surface area contributed by atoms with Gasteiger partial charge in [0.15, 0.2) is 0 Å². The average molecular weight is 202 g/mol. The van der Waals surface area contributed by atoms with Gasteiger partial charge >= 0.3 is 0 Å². The normalized spacial score (nSPS) is 19.7. The maximum absolute atomic E-state index is 11.2. The molecule has 0 radical (unpaired) electrons. The fourth-order valence-corrected chi connectivity index (χ4v) is 2.63. The molecule has 0 bridgehead atoms. The minimum absolute atomic E-state index is 0.131. The van der Waals surface area contributed by atoms with Gasteiger partial charge in [0.2, 0.25) is 0 Å². The van der Waals surface area contributed by atoms with Gasteiger partial charge in [0.1, 0.15) is 6.29 Å². The van der Waals surface area contributed by atoms with Crippen molar-refractivity contribution in [1.29, 1.82) is 0 Å². The molecule has 1 nitrogen and oxygen atoms in total. The highest BCUT2D eigenvalue weighted by Crippen LogP contribution is 2.34. The monoisotopic (exact) mass is 202 g/mol. The van der Waals surface area contributed by atoms with Gasteiger partial charge in [-0.05, 0) is 24.3 Å². The number of benzene rings is 1. The van der Waals surface area contributed by atoms with E-state index < -0.39 is 0 Å². The van der Waals surface area contributed by atoms with Crippen molar-refractivity contribution in [3.05, 3.63) is 35.9 Å². The highest BCUT2D eigenvalue weighted by Gasteiger charge is 2.24. The Balaban J connectivity index is 2.12. The highest BCUT2D eigenvalue weighted by molar-refractivity contribution is 5.62. The molecule has 0 aliphatic heterocycles. The summed E-state index contributed by atoms with van der Waals surface area (Å²) in [5.74, 6) is 0.713. The maximum Gasteiger partial charge on any atom is 0.127 e. The Hall–Kier alpha value is -1.11. The number of rotatable bonds is 3. The first kappa shape index (κ1) is 10.4. The zero-order chi connectivity index (χ0) is 10.5. The molecule has 1 heteroatoms. The third-order valence-corrected chi connectivity index (χ3v) is 3.49. The number of carbonyl (C=O) groups excluding carboxylic acids is 1. The maximum atomic E-state index is 11.2. The van der Waals surface area contributed by atoms with Crippen LogP contribution in [0.2, 0.25) is 0 Å². The summed E-state index contributed by atoms with van der Waals surface area (Å²) < 4.78 is 0. The van der Waals surface area contributed by atoms with Gasteiger partial charge in [-0.2, -0.15) is 0 Å². The Morgan fingerprint density at radius 3 is 2.33 bits per heavy atom. The SMILES string of the molecule is O=CC(c1ccccc1)C1CCCCC1. The summed E-state index contributed by atoms with van der Waals surface area (Å²) in [6.07, 6.45) is 7.52. The summed E-state index contributed by atoms with van der Waals surface area (Å²) in [5, 5.41) is 0. The molecule has 0 N–H and O–H groups in total. The van der Waals surface area contributed by atoms with E-state index >= 15 is 0 Å². The van der Waals surface area contributed by atoms with Crippen molar-refractivity contribution >= 4 is 6.29 Å². The molecule has 15 heavy (non-hydrogen) atoms. The van der Waals surface area contributed by atoms with Crippen LogP contribution in [-0.2, 0) is 4.79 Å². The molecule has 1 atom stereocenters. The predicted octanol–water partition coefficient (Wildman–Crippen LogP) is 3.55. The molecule has 0 heterocycles. The molecule has 80 valence electrons. The lowest BCUT2D eigenvalue weighted by Gasteiger charge is -2.26. The Labute approximate surface area is 91.5 Å². The van der Waals surface area contributed by atoms with Crippen LogP contribution < -0.4 is 0 Å². The van der Waals surface area contributed by atoms with Crippen molar-refractivity contribution in [3.63, 3.8) is 0 Å².